The van der Waals surface area contributed by atoms with Crippen LogP contribution < -0.4 is 11.3 Å². The molecule has 1 aliphatic heterocycles. The van der Waals surface area contributed by atoms with Gasteiger partial charge >= 0.3 is 6.18 Å². The number of likely N-dealkylation sites (tertiary alicyclic amines) is 1. The average Bonchev–Trinajstić information content (AvgIpc) is 3.30. The fourth-order valence-electron chi connectivity index (χ4n) is 5.40. The molecule has 1 aliphatic rings. The Labute approximate surface area is 238 Å². The van der Waals surface area contributed by atoms with Crippen LogP contribution in [-0.2, 0) is 24.9 Å². The molecule has 3 N–H and O–H groups in total. The molecule has 0 radical (unpaired) electrons. The number of aromatic nitrogens is 4. The van der Waals surface area contributed by atoms with Gasteiger partial charge in [0.25, 0.3) is 5.56 Å². The zero-order valence-corrected chi connectivity index (χ0v) is 22.8. The van der Waals surface area contributed by atoms with E-state index >= 15 is 0 Å². The number of carbonyl (C=O) groups is 1. The minimum atomic E-state index is -4.70. The fraction of sp³-hybridized carbons (Fsp3) is 0.379. The number of rotatable bonds is 7. The van der Waals surface area contributed by atoms with Gasteiger partial charge in [-0.2, -0.15) is 18.3 Å². The summed E-state index contributed by atoms with van der Waals surface area (Å²) in [6, 6.07) is 11.4. The van der Waals surface area contributed by atoms with Crippen molar-refractivity contribution in [3.8, 4) is 11.3 Å². The van der Waals surface area contributed by atoms with Gasteiger partial charge < -0.3 is 15.7 Å². The van der Waals surface area contributed by atoms with Crippen LogP contribution in [0.2, 0.25) is 0 Å². The Morgan fingerprint density at radius 1 is 1.07 bits per heavy atom. The molecular formula is C29H30F4N6O3. The van der Waals surface area contributed by atoms with Crippen molar-refractivity contribution in [3.05, 3.63) is 82.2 Å². The van der Waals surface area contributed by atoms with Crippen molar-refractivity contribution in [2.75, 3.05) is 13.1 Å². The molecule has 4 aromatic rings. The van der Waals surface area contributed by atoms with Gasteiger partial charge in [-0.15, -0.1) is 0 Å². The predicted octanol–water partition coefficient (Wildman–Crippen LogP) is 3.48. The minimum absolute atomic E-state index is 0.0142. The van der Waals surface area contributed by atoms with E-state index < -0.39 is 41.4 Å². The molecule has 9 nitrogen and oxygen atoms in total. The number of alkyl halides is 3. The van der Waals surface area contributed by atoms with E-state index in [1.807, 2.05) is 24.3 Å². The molecule has 2 aromatic heterocycles. The van der Waals surface area contributed by atoms with Crippen LogP contribution in [0.4, 0.5) is 17.6 Å². The van der Waals surface area contributed by atoms with Crippen LogP contribution in [0.15, 0.2) is 59.7 Å². The standard InChI is InChI=1S/C29H30F4N6O3/c1-37-26(20-4-2-18(15-34)3-5-20)24-25(36-37)27(41)39(17-35-24)16-28(42)10-12-38(13-11-28)23(40)14-22(29(31,32)33)19-6-8-21(30)9-7-19/h2-9,17,22,42H,10-16,34H2,1H3. The number of hydrogen-bond donors (Lipinski definition) is 2. The molecule has 5 rings (SSSR count). The van der Waals surface area contributed by atoms with Crippen LogP contribution >= 0.6 is 0 Å². The van der Waals surface area contributed by atoms with Crippen molar-refractivity contribution in [2.45, 2.75) is 50.0 Å². The Bertz CT molecular complexity index is 1640. The second-order valence-electron chi connectivity index (χ2n) is 10.7. The largest absolute Gasteiger partial charge is 0.396 e. The summed E-state index contributed by atoms with van der Waals surface area (Å²) < 4.78 is 57.3. The first kappa shape index (κ1) is 29.4. The highest BCUT2D eigenvalue weighted by Gasteiger charge is 2.43. The fourth-order valence-corrected chi connectivity index (χ4v) is 5.40. The molecule has 222 valence electrons. The van der Waals surface area contributed by atoms with Crippen molar-refractivity contribution in [1.29, 1.82) is 0 Å². The number of carbonyl (C=O) groups excluding carboxylic acids is 1. The van der Waals surface area contributed by atoms with Gasteiger partial charge in [0.15, 0.2) is 5.52 Å². The van der Waals surface area contributed by atoms with Crippen LogP contribution in [0.5, 0.6) is 0 Å². The van der Waals surface area contributed by atoms with Crippen molar-refractivity contribution in [3.63, 3.8) is 0 Å². The lowest BCUT2D eigenvalue weighted by Crippen LogP contribution is -2.50. The second kappa shape index (κ2) is 11.3. The number of aliphatic hydroxyl groups is 1. The van der Waals surface area contributed by atoms with Crippen molar-refractivity contribution >= 4 is 16.9 Å². The topological polar surface area (TPSA) is 119 Å². The monoisotopic (exact) mass is 586 g/mol. The van der Waals surface area contributed by atoms with Gasteiger partial charge in [0.2, 0.25) is 5.91 Å². The number of fused-ring (bicyclic) bond motifs is 1. The summed E-state index contributed by atoms with van der Waals surface area (Å²) in [5, 5.41) is 15.6. The molecular weight excluding hydrogens is 556 g/mol. The average molecular weight is 587 g/mol. The SMILES string of the molecule is Cn1nc2c(=O)n(CC3(O)CCN(C(=O)CC(c4ccc(F)cc4)C(F)(F)F)CC3)cnc2c1-c1ccc(CN)cc1. The van der Waals surface area contributed by atoms with Gasteiger partial charge in [-0.05, 0) is 36.1 Å². The third kappa shape index (κ3) is 5.93. The summed E-state index contributed by atoms with van der Waals surface area (Å²) in [6.07, 6.45) is -4.08. The van der Waals surface area contributed by atoms with E-state index in [1.165, 1.54) is 15.8 Å². The molecule has 0 spiro atoms. The molecule has 1 atom stereocenters. The Balaban J connectivity index is 1.28. The van der Waals surface area contributed by atoms with Crippen molar-refractivity contribution in [1.82, 2.24) is 24.2 Å². The highest BCUT2D eigenvalue weighted by molar-refractivity contribution is 5.89. The Morgan fingerprint density at radius 2 is 1.71 bits per heavy atom. The molecule has 13 heteroatoms. The smallest absolute Gasteiger partial charge is 0.388 e. The maximum Gasteiger partial charge on any atom is 0.396 e. The van der Waals surface area contributed by atoms with Gasteiger partial charge in [-0.1, -0.05) is 36.4 Å². The van der Waals surface area contributed by atoms with Gasteiger partial charge in [0.05, 0.1) is 30.1 Å². The summed E-state index contributed by atoms with van der Waals surface area (Å²) in [6.45, 7) is 0.309. The molecule has 3 heterocycles. The van der Waals surface area contributed by atoms with E-state index in [2.05, 4.69) is 10.1 Å². The summed E-state index contributed by atoms with van der Waals surface area (Å²) >= 11 is 0. The zero-order chi connectivity index (χ0) is 30.2. The van der Waals surface area contributed by atoms with Gasteiger partial charge in [0.1, 0.15) is 11.3 Å². The third-order valence-corrected chi connectivity index (χ3v) is 7.83. The van der Waals surface area contributed by atoms with E-state index in [0.29, 0.717) is 17.8 Å². The van der Waals surface area contributed by atoms with Crippen molar-refractivity contribution in [2.24, 2.45) is 12.8 Å². The maximum atomic E-state index is 13.7. The quantitative estimate of drug-likeness (QED) is 0.320. The molecule has 1 fully saturated rings. The first-order chi connectivity index (χ1) is 19.9. The zero-order valence-electron chi connectivity index (χ0n) is 22.8. The van der Waals surface area contributed by atoms with Crippen LogP contribution in [0.3, 0.4) is 0 Å². The lowest BCUT2D eigenvalue weighted by molar-refractivity contribution is -0.162. The number of aryl methyl sites for hydroxylation is 1. The third-order valence-electron chi connectivity index (χ3n) is 7.83. The molecule has 0 saturated carbocycles. The number of nitrogens with two attached hydrogens (primary N) is 1. The van der Waals surface area contributed by atoms with Gasteiger partial charge in [-0.25, -0.2) is 9.37 Å². The Kier molecular flexibility index (Phi) is 7.90. The van der Waals surface area contributed by atoms with Crippen LogP contribution in [0, 0.1) is 5.82 Å². The number of nitrogens with zero attached hydrogens (tertiary/aromatic N) is 5. The predicted molar refractivity (Wildman–Crippen MR) is 147 cm³/mol. The number of halogens is 4. The summed E-state index contributed by atoms with van der Waals surface area (Å²) in [5.41, 5.74) is 6.62. The molecule has 0 aliphatic carbocycles. The van der Waals surface area contributed by atoms with E-state index in [9.17, 15) is 32.3 Å². The van der Waals surface area contributed by atoms with E-state index in [4.69, 9.17) is 5.73 Å². The van der Waals surface area contributed by atoms with Crippen LogP contribution in [0.1, 0.15) is 36.3 Å². The molecule has 2 aromatic carbocycles. The summed E-state index contributed by atoms with van der Waals surface area (Å²) in [7, 11) is 1.71. The molecule has 1 unspecified atom stereocenters. The second-order valence-corrected chi connectivity index (χ2v) is 10.7. The normalized spacial score (nSPS) is 16.1. The minimum Gasteiger partial charge on any atom is -0.388 e. The number of benzene rings is 2. The lowest BCUT2D eigenvalue weighted by Gasteiger charge is -2.39. The molecule has 1 amide bonds. The van der Waals surface area contributed by atoms with Crippen molar-refractivity contribution < 1.29 is 27.5 Å². The lowest BCUT2D eigenvalue weighted by atomic mass is 9.89. The van der Waals surface area contributed by atoms with Gasteiger partial charge in [-0.3, -0.25) is 18.8 Å². The van der Waals surface area contributed by atoms with Gasteiger partial charge in [0, 0.05) is 38.7 Å². The molecule has 0 bridgehead atoms. The van der Waals surface area contributed by atoms with E-state index in [-0.39, 0.29) is 43.6 Å². The highest BCUT2D eigenvalue weighted by Crippen LogP contribution is 2.38. The number of amides is 1. The Morgan fingerprint density at radius 3 is 2.31 bits per heavy atom. The first-order valence-electron chi connectivity index (χ1n) is 13.4. The summed E-state index contributed by atoms with van der Waals surface area (Å²) in [5.74, 6) is -3.47. The van der Waals surface area contributed by atoms with E-state index in [1.54, 1.807) is 11.7 Å². The number of piperidine rings is 1. The first-order valence-corrected chi connectivity index (χ1v) is 13.4. The maximum absolute atomic E-state index is 13.7. The summed E-state index contributed by atoms with van der Waals surface area (Å²) in [4.78, 5) is 31.9. The van der Waals surface area contributed by atoms with Crippen LogP contribution in [0.25, 0.3) is 22.3 Å². The highest BCUT2D eigenvalue weighted by atomic mass is 19.4. The van der Waals surface area contributed by atoms with Crippen LogP contribution in [-0.4, -0.2) is 60.1 Å². The molecule has 1 saturated heterocycles. The molecule has 42 heavy (non-hydrogen) atoms. The number of hydrogen-bond acceptors (Lipinski definition) is 6. The van der Waals surface area contributed by atoms with E-state index in [0.717, 1.165) is 35.4 Å². The Hall–Kier alpha value is -4.10.